The van der Waals surface area contributed by atoms with Gasteiger partial charge in [0.25, 0.3) is 0 Å². The van der Waals surface area contributed by atoms with Gasteiger partial charge in [-0.05, 0) is 32.2 Å². The fourth-order valence-corrected chi connectivity index (χ4v) is 4.14. The second-order valence-electron chi connectivity index (χ2n) is 8.18. The van der Waals surface area contributed by atoms with Gasteiger partial charge in [0.05, 0.1) is 18.8 Å². The lowest BCUT2D eigenvalue weighted by Crippen LogP contribution is -2.57. The van der Waals surface area contributed by atoms with Crippen molar-refractivity contribution in [2.24, 2.45) is 0 Å². The van der Waals surface area contributed by atoms with E-state index < -0.39 is 60.2 Å². The number of nitrogens with one attached hydrogen (secondary N) is 4. The molecule has 0 saturated carbocycles. The van der Waals surface area contributed by atoms with E-state index >= 15 is 0 Å². The van der Waals surface area contributed by atoms with Gasteiger partial charge in [-0.3, -0.25) is 19.2 Å². The van der Waals surface area contributed by atoms with E-state index in [-0.39, 0.29) is 13.0 Å². The molecular formula is C20H28N6O7. The van der Waals surface area contributed by atoms with E-state index in [0.717, 1.165) is 6.42 Å². The number of imidazole rings is 1. The summed E-state index contributed by atoms with van der Waals surface area (Å²) in [7, 11) is 0. The number of hydrogen-bond acceptors (Lipinski definition) is 7. The van der Waals surface area contributed by atoms with Crippen LogP contribution in [0.3, 0.4) is 0 Å². The largest absolute Gasteiger partial charge is 0.481 e. The van der Waals surface area contributed by atoms with Crippen LogP contribution < -0.4 is 16.0 Å². The first kappa shape index (κ1) is 24.2. The normalized spacial score (nSPS) is 21.9. The van der Waals surface area contributed by atoms with Gasteiger partial charge in [-0.25, -0.2) is 9.78 Å². The highest BCUT2D eigenvalue weighted by atomic mass is 16.4. The minimum atomic E-state index is -1.33. The van der Waals surface area contributed by atoms with Gasteiger partial charge in [-0.2, -0.15) is 0 Å². The number of likely N-dealkylation sites (tertiary alicyclic amines) is 1. The van der Waals surface area contributed by atoms with Crippen molar-refractivity contribution in [3.8, 4) is 0 Å². The van der Waals surface area contributed by atoms with Crippen molar-refractivity contribution in [3.63, 3.8) is 0 Å². The van der Waals surface area contributed by atoms with E-state index in [0.29, 0.717) is 31.5 Å². The number of hydrogen-bond donors (Lipinski definition) is 6. The Balaban J connectivity index is 1.67. The van der Waals surface area contributed by atoms with Crippen LogP contribution in [0.5, 0.6) is 0 Å². The fourth-order valence-electron chi connectivity index (χ4n) is 4.14. The van der Waals surface area contributed by atoms with E-state index in [4.69, 9.17) is 0 Å². The van der Waals surface area contributed by atoms with Gasteiger partial charge in [0, 0.05) is 24.9 Å². The molecule has 0 radical (unpaired) electrons. The molecule has 2 saturated heterocycles. The van der Waals surface area contributed by atoms with Crippen LogP contribution in [0.2, 0.25) is 0 Å². The van der Waals surface area contributed by atoms with Gasteiger partial charge >= 0.3 is 11.9 Å². The summed E-state index contributed by atoms with van der Waals surface area (Å²) in [5.41, 5.74) is 0.520. The van der Waals surface area contributed by atoms with Crippen molar-refractivity contribution in [2.75, 3.05) is 13.1 Å². The zero-order valence-corrected chi connectivity index (χ0v) is 18.0. The number of nitrogens with zero attached hydrogens (tertiary/aromatic N) is 2. The van der Waals surface area contributed by atoms with Crippen molar-refractivity contribution in [3.05, 3.63) is 18.2 Å². The Kier molecular flexibility index (Phi) is 7.98. The first-order valence-electron chi connectivity index (χ1n) is 10.8. The zero-order valence-electron chi connectivity index (χ0n) is 18.0. The van der Waals surface area contributed by atoms with Gasteiger partial charge in [-0.1, -0.05) is 0 Å². The molecule has 33 heavy (non-hydrogen) atoms. The molecule has 0 bridgehead atoms. The number of carboxylic acids is 2. The molecule has 3 rings (SSSR count). The van der Waals surface area contributed by atoms with Crippen molar-refractivity contribution in [1.82, 2.24) is 30.8 Å². The van der Waals surface area contributed by atoms with Gasteiger partial charge in [0.15, 0.2) is 0 Å². The summed E-state index contributed by atoms with van der Waals surface area (Å²) in [6.45, 7) is 0.857. The summed E-state index contributed by atoms with van der Waals surface area (Å²) in [5.74, 6) is -4.29. The Bertz CT molecular complexity index is 883. The number of carbonyl (C=O) groups excluding carboxylic acids is 3. The molecule has 3 heterocycles. The minimum absolute atomic E-state index is 0.0200. The number of aliphatic carboxylic acids is 2. The van der Waals surface area contributed by atoms with Crippen LogP contribution >= 0.6 is 0 Å². The number of aromatic amines is 1. The lowest BCUT2D eigenvalue weighted by atomic mass is 10.1. The van der Waals surface area contributed by atoms with Gasteiger partial charge in [0.1, 0.15) is 18.1 Å². The van der Waals surface area contributed by atoms with Crippen LogP contribution in [-0.2, 0) is 30.4 Å². The third-order valence-corrected chi connectivity index (χ3v) is 5.80. The highest BCUT2D eigenvalue weighted by molar-refractivity contribution is 5.96. The summed E-state index contributed by atoms with van der Waals surface area (Å²) in [5, 5.41) is 26.7. The maximum atomic E-state index is 13.1. The monoisotopic (exact) mass is 464 g/mol. The third-order valence-electron chi connectivity index (χ3n) is 5.80. The van der Waals surface area contributed by atoms with Crippen LogP contribution in [-0.4, -0.2) is 92.0 Å². The summed E-state index contributed by atoms with van der Waals surface area (Å²) in [4.78, 5) is 69.2. The Morgan fingerprint density at radius 2 is 1.85 bits per heavy atom. The summed E-state index contributed by atoms with van der Waals surface area (Å²) < 4.78 is 0. The van der Waals surface area contributed by atoms with Gasteiger partial charge in [0.2, 0.25) is 17.7 Å². The summed E-state index contributed by atoms with van der Waals surface area (Å²) in [6.07, 6.45) is 4.37. The summed E-state index contributed by atoms with van der Waals surface area (Å²) in [6, 6.07) is -4.02. The van der Waals surface area contributed by atoms with Crippen LogP contribution in [0.4, 0.5) is 0 Å². The van der Waals surface area contributed by atoms with Crippen LogP contribution in [0, 0.1) is 0 Å². The van der Waals surface area contributed by atoms with Crippen LogP contribution in [0.1, 0.15) is 37.8 Å². The maximum Gasteiger partial charge on any atom is 0.326 e. The topological polar surface area (TPSA) is 194 Å². The van der Waals surface area contributed by atoms with Crippen molar-refractivity contribution in [2.45, 2.75) is 62.7 Å². The van der Waals surface area contributed by atoms with Gasteiger partial charge in [-0.15, -0.1) is 0 Å². The third kappa shape index (κ3) is 6.28. The fraction of sp³-hybridized carbons (Fsp3) is 0.600. The predicted octanol–water partition coefficient (Wildman–Crippen LogP) is -1.78. The number of H-pyrrole nitrogens is 1. The highest BCUT2D eigenvalue weighted by Crippen LogP contribution is 2.20. The molecule has 0 spiro atoms. The first-order chi connectivity index (χ1) is 15.8. The average molecular weight is 464 g/mol. The van der Waals surface area contributed by atoms with Crippen LogP contribution in [0.25, 0.3) is 0 Å². The average Bonchev–Trinajstić information content (AvgIpc) is 3.54. The Labute approximate surface area is 189 Å². The molecule has 13 nitrogen and oxygen atoms in total. The Morgan fingerprint density at radius 3 is 2.45 bits per heavy atom. The molecule has 1 aromatic rings. The first-order valence-corrected chi connectivity index (χ1v) is 10.8. The quantitative estimate of drug-likeness (QED) is 0.232. The number of carbonyl (C=O) groups is 5. The second-order valence-corrected chi connectivity index (χ2v) is 8.18. The lowest BCUT2D eigenvalue weighted by molar-refractivity contribution is -0.147. The Hall–Kier alpha value is -3.48. The molecule has 0 aliphatic carbocycles. The highest BCUT2D eigenvalue weighted by Gasteiger charge is 2.40. The zero-order chi connectivity index (χ0) is 24.0. The molecule has 13 heteroatoms. The standard InChI is InChI=1S/C20H28N6O7/c27-16(28)8-13(24-17(29)12-3-1-5-22-12)19(31)26-6-2-4-15(26)18(30)25-14(20(32)33)7-11-9-21-10-23-11/h9-10,12-15,22H,1-8H2,(H,21,23)(H,24,29)(H,25,30)(H,27,28)(H,32,33). The molecule has 6 N–H and O–H groups in total. The van der Waals surface area contributed by atoms with E-state index in [1.54, 1.807) is 0 Å². The van der Waals surface area contributed by atoms with Gasteiger partial charge < -0.3 is 36.0 Å². The Morgan fingerprint density at radius 1 is 1.09 bits per heavy atom. The summed E-state index contributed by atoms with van der Waals surface area (Å²) >= 11 is 0. The molecule has 2 aliphatic heterocycles. The lowest BCUT2D eigenvalue weighted by Gasteiger charge is -2.29. The molecular weight excluding hydrogens is 436 g/mol. The molecule has 0 aromatic carbocycles. The number of amides is 3. The molecule has 2 aliphatic rings. The SMILES string of the molecule is O=C(O)CC(NC(=O)C1CCCN1)C(=O)N1CCCC1C(=O)NC(Cc1cnc[nH]1)C(=O)O. The second kappa shape index (κ2) is 10.9. The number of carboxylic acid groups (broad SMARTS) is 2. The van der Waals surface area contributed by atoms with E-state index in [2.05, 4.69) is 25.9 Å². The molecule has 3 amide bonds. The van der Waals surface area contributed by atoms with Crippen molar-refractivity contribution < 1.29 is 34.2 Å². The number of rotatable bonds is 10. The van der Waals surface area contributed by atoms with E-state index in [1.807, 2.05) is 0 Å². The molecule has 2 fully saturated rings. The molecule has 1 aromatic heterocycles. The smallest absolute Gasteiger partial charge is 0.326 e. The predicted molar refractivity (Wildman–Crippen MR) is 112 cm³/mol. The molecule has 180 valence electrons. The van der Waals surface area contributed by atoms with Crippen molar-refractivity contribution >= 4 is 29.7 Å². The van der Waals surface area contributed by atoms with Crippen molar-refractivity contribution in [1.29, 1.82) is 0 Å². The minimum Gasteiger partial charge on any atom is -0.481 e. The molecule has 4 atom stereocenters. The van der Waals surface area contributed by atoms with Crippen LogP contribution in [0.15, 0.2) is 12.5 Å². The number of aromatic nitrogens is 2. The molecule has 4 unspecified atom stereocenters. The maximum absolute atomic E-state index is 13.1. The van der Waals surface area contributed by atoms with E-state index in [1.165, 1.54) is 17.4 Å². The van der Waals surface area contributed by atoms with E-state index in [9.17, 15) is 34.2 Å².